The number of aliphatic imine (C=N–C) groups is 1. The largest absolute Gasteiger partial charge is 0.504 e. The van der Waals surface area contributed by atoms with Crippen LogP contribution < -0.4 is 15.4 Å². The zero-order valence-electron chi connectivity index (χ0n) is 17.6. The molecule has 1 saturated carbocycles. The molecule has 1 unspecified atom stereocenters. The molecule has 0 spiro atoms. The van der Waals surface area contributed by atoms with Gasteiger partial charge < -0.3 is 25.4 Å². The molecule has 160 valence electrons. The predicted molar refractivity (Wildman–Crippen MR) is 114 cm³/mol. The molecule has 1 amide bonds. The Kier molecular flexibility index (Phi) is 7.61. The Labute approximate surface area is 173 Å². The van der Waals surface area contributed by atoms with E-state index in [4.69, 9.17) is 4.74 Å². The molecular formula is C22H34N4O3. The van der Waals surface area contributed by atoms with Gasteiger partial charge in [0.15, 0.2) is 17.5 Å². The molecule has 1 aliphatic heterocycles. The molecule has 0 radical (unpaired) electrons. The number of aromatic hydroxyl groups is 1. The number of hydrogen-bond acceptors (Lipinski definition) is 4. The van der Waals surface area contributed by atoms with E-state index in [0.29, 0.717) is 29.7 Å². The van der Waals surface area contributed by atoms with Crippen molar-refractivity contribution in [2.24, 2.45) is 10.9 Å². The average Bonchev–Trinajstić information content (AvgIpc) is 3.21. The molecule has 3 rings (SSSR count). The fourth-order valence-electron chi connectivity index (χ4n) is 4.22. The molecule has 29 heavy (non-hydrogen) atoms. The minimum atomic E-state index is 0.125. The van der Waals surface area contributed by atoms with Gasteiger partial charge >= 0.3 is 0 Å². The molecule has 2 aliphatic rings. The number of para-hydroxylation sites is 1. The molecule has 1 saturated heterocycles. The molecule has 1 aromatic rings. The van der Waals surface area contributed by atoms with Crippen LogP contribution in [0.1, 0.15) is 51.0 Å². The second-order valence-electron chi connectivity index (χ2n) is 7.91. The number of nitrogens with zero attached hydrogens (tertiary/aromatic N) is 2. The lowest BCUT2D eigenvalue weighted by Crippen LogP contribution is -2.45. The third kappa shape index (κ3) is 5.55. The lowest BCUT2D eigenvalue weighted by Gasteiger charge is -2.26. The molecule has 1 atom stereocenters. The summed E-state index contributed by atoms with van der Waals surface area (Å²) in [6, 6.07) is 5.60. The molecular weight excluding hydrogens is 368 g/mol. The SMILES string of the molecule is CCNC(=NCc1cccc(OC)c1O)NC1CCN(C(=O)C2CCCCC2)C1. The Morgan fingerprint density at radius 1 is 1.28 bits per heavy atom. The topological polar surface area (TPSA) is 86.2 Å². The van der Waals surface area contributed by atoms with Crippen molar-refractivity contribution < 1.29 is 14.6 Å². The van der Waals surface area contributed by atoms with Crippen molar-refractivity contribution in [3.8, 4) is 11.5 Å². The molecule has 7 nitrogen and oxygen atoms in total. The quantitative estimate of drug-likeness (QED) is 0.503. The summed E-state index contributed by atoms with van der Waals surface area (Å²) in [5.41, 5.74) is 0.710. The predicted octanol–water partition coefficient (Wildman–Crippen LogP) is 2.64. The molecule has 1 aliphatic carbocycles. The number of ether oxygens (including phenoxy) is 1. The number of rotatable bonds is 6. The molecule has 2 fully saturated rings. The maximum absolute atomic E-state index is 12.8. The van der Waals surface area contributed by atoms with Crippen LogP contribution in [0.4, 0.5) is 0 Å². The van der Waals surface area contributed by atoms with Crippen LogP contribution in [0.15, 0.2) is 23.2 Å². The normalized spacial score (nSPS) is 20.6. The second-order valence-corrected chi connectivity index (χ2v) is 7.91. The smallest absolute Gasteiger partial charge is 0.225 e. The number of phenols is 1. The third-order valence-corrected chi connectivity index (χ3v) is 5.85. The lowest BCUT2D eigenvalue weighted by atomic mass is 9.88. The Balaban J connectivity index is 1.58. The van der Waals surface area contributed by atoms with Gasteiger partial charge in [-0.2, -0.15) is 0 Å². The van der Waals surface area contributed by atoms with Crippen LogP contribution in [0.3, 0.4) is 0 Å². The Morgan fingerprint density at radius 2 is 2.07 bits per heavy atom. The summed E-state index contributed by atoms with van der Waals surface area (Å²) in [6.07, 6.45) is 6.64. The Hall–Kier alpha value is -2.44. The van der Waals surface area contributed by atoms with E-state index in [9.17, 15) is 9.90 Å². The highest BCUT2D eigenvalue weighted by Gasteiger charge is 2.31. The highest BCUT2D eigenvalue weighted by molar-refractivity contribution is 5.81. The van der Waals surface area contributed by atoms with Crippen LogP contribution in [0, 0.1) is 5.92 Å². The number of carbonyl (C=O) groups excluding carboxylic acids is 1. The molecule has 1 heterocycles. The first-order chi connectivity index (χ1) is 14.1. The number of hydrogen-bond donors (Lipinski definition) is 3. The monoisotopic (exact) mass is 402 g/mol. The van der Waals surface area contributed by atoms with Crippen molar-refractivity contribution >= 4 is 11.9 Å². The van der Waals surface area contributed by atoms with E-state index in [2.05, 4.69) is 15.6 Å². The van der Waals surface area contributed by atoms with Gasteiger partial charge in [0.2, 0.25) is 5.91 Å². The van der Waals surface area contributed by atoms with Crippen molar-refractivity contribution in [2.75, 3.05) is 26.7 Å². The third-order valence-electron chi connectivity index (χ3n) is 5.85. The summed E-state index contributed by atoms with van der Waals surface area (Å²) in [5, 5.41) is 17.0. The van der Waals surface area contributed by atoms with Crippen LogP contribution in [0.5, 0.6) is 11.5 Å². The number of nitrogens with one attached hydrogen (secondary N) is 2. The van der Waals surface area contributed by atoms with Gasteiger partial charge in [-0.05, 0) is 32.3 Å². The van der Waals surface area contributed by atoms with Crippen molar-refractivity contribution in [1.82, 2.24) is 15.5 Å². The van der Waals surface area contributed by atoms with E-state index in [1.165, 1.54) is 26.4 Å². The van der Waals surface area contributed by atoms with E-state index in [1.807, 2.05) is 24.0 Å². The number of carbonyl (C=O) groups is 1. The highest BCUT2D eigenvalue weighted by Crippen LogP contribution is 2.30. The van der Waals surface area contributed by atoms with Gasteiger partial charge in [0.05, 0.1) is 13.7 Å². The summed E-state index contributed by atoms with van der Waals surface area (Å²) in [5.74, 6) is 1.83. The summed E-state index contributed by atoms with van der Waals surface area (Å²) in [6.45, 7) is 4.64. The summed E-state index contributed by atoms with van der Waals surface area (Å²) < 4.78 is 5.16. The highest BCUT2D eigenvalue weighted by atomic mass is 16.5. The fraction of sp³-hybridized carbons (Fsp3) is 0.636. The van der Waals surface area contributed by atoms with Gasteiger partial charge in [-0.1, -0.05) is 31.4 Å². The van der Waals surface area contributed by atoms with Gasteiger partial charge in [-0.25, -0.2) is 4.99 Å². The molecule has 3 N–H and O–H groups in total. The molecule has 0 aromatic heterocycles. The second kappa shape index (κ2) is 10.4. The number of likely N-dealkylation sites (tertiary alicyclic amines) is 1. The van der Waals surface area contributed by atoms with Crippen LogP contribution in [0.2, 0.25) is 0 Å². The summed E-state index contributed by atoms with van der Waals surface area (Å²) in [7, 11) is 1.54. The van der Waals surface area contributed by atoms with Crippen molar-refractivity contribution in [3.63, 3.8) is 0 Å². The molecule has 1 aromatic carbocycles. The van der Waals surface area contributed by atoms with Gasteiger partial charge in [-0.3, -0.25) is 4.79 Å². The number of guanidine groups is 1. The van der Waals surface area contributed by atoms with Gasteiger partial charge in [-0.15, -0.1) is 0 Å². The van der Waals surface area contributed by atoms with Gasteiger partial charge in [0.25, 0.3) is 0 Å². The van der Waals surface area contributed by atoms with Crippen molar-refractivity contribution in [3.05, 3.63) is 23.8 Å². The van der Waals surface area contributed by atoms with E-state index in [1.54, 1.807) is 6.07 Å². The van der Waals surface area contributed by atoms with E-state index in [0.717, 1.165) is 38.9 Å². The summed E-state index contributed by atoms with van der Waals surface area (Å²) in [4.78, 5) is 19.4. The standard InChI is InChI=1S/C22H34N4O3/c1-3-23-22(24-14-17-10-7-11-19(29-2)20(17)27)25-18-12-13-26(15-18)21(28)16-8-5-4-6-9-16/h7,10-11,16,18,27H,3-6,8-9,12-15H2,1-2H3,(H2,23,24,25). The first kappa shape index (κ1) is 21.3. The number of methoxy groups -OCH3 is 1. The first-order valence-corrected chi connectivity index (χ1v) is 10.8. The molecule has 0 bridgehead atoms. The minimum Gasteiger partial charge on any atom is -0.504 e. The van der Waals surface area contributed by atoms with Gasteiger partial charge in [0.1, 0.15) is 0 Å². The maximum atomic E-state index is 12.8. The zero-order valence-corrected chi connectivity index (χ0v) is 17.6. The fourth-order valence-corrected chi connectivity index (χ4v) is 4.22. The lowest BCUT2D eigenvalue weighted by molar-refractivity contribution is -0.135. The van der Waals surface area contributed by atoms with E-state index < -0.39 is 0 Å². The van der Waals surface area contributed by atoms with E-state index >= 15 is 0 Å². The van der Waals surface area contributed by atoms with Gasteiger partial charge in [0, 0.05) is 37.2 Å². The average molecular weight is 403 g/mol. The Morgan fingerprint density at radius 3 is 2.79 bits per heavy atom. The number of amides is 1. The Bertz CT molecular complexity index is 716. The van der Waals surface area contributed by atoms with Crippen molar-refractivity contribution in [2.45, 2.75) is 58.0 Å². The van der Waals surface area contributed by atoms with Crippen LogP contribution in [0.25, 0.3) is 0 Å². The maximum Gasteiger partial charge on any atom is 0.225 e. The van der Waals surface area contributed by atoms with Crippen molar-refractivity contribution in [1.29, 1.82) is 0 Å². The van der Waals surface area contributed by atoms with E-state index in [-0.39, 0.29) is 17.7 Å². The first-order valence-electron chi connectivity index (χ1n) is 10.8. The van der Waals surface area contributed by atoms with Crippen LogP contribution >= 0.6 is 0 Å². The zero-order chi connectivity index (χ0) is 20.6. The molecule has 7 heteroatoms. The minimum absolute atomic E-state index is 0.125. The van der Waals surface area contributed by atoms with Crippen LogP contribution in [-0.4, -0.2) is 54.7 Å². The number of phenolic OH excluding ortho intramolecular Hbond substituents is 1. The van der Waals surface area contributed by atoms with Crippen LogP contribution in [-0.2, 0) is 11.3 Å². The summed E-state index contributed by atoms with van der Waals surface area (Å²) >= 11 is 0. The number of benzene rings is 1.